The van der Waals surface area contributed by atoms with Crippen molar-refractivity contribution in [3.63, 3.8) is 0 Å². The molecule has 0 unspecified atom stereocenters. The van der Waals surface area contributed by atoms with Crippen molar-refractivity contribution in [3.05, 3.63) is 0 Å². The Balaban J connectivity index is 1.32. The van der Waals surface area contributed by atoms with E-state index in [4.69, 9.17) is 14.2 Å². The minimum absolute atomic E-state index is 0.258. The summed E-state index contributed by atoms with van der Waals surface area (Å²) in [5.41, 5.74) is 0.597. The highest BCUT2D eigenvalue weighted by molar-refractivity contribution is 4.88. The maximum absolute atomic E-state index is 5.90. The van der Waals surface area contributed by atoms with Crippen molar-refractivity contribution in [3.8, 4) is 0 Å². The fourth-order valence-electron chi connectivity index (χ4n) is 3.44. The van der Waals surface area contributed by atoms with Gasteiger partial charge in [0.05, 0.1) is 18.8 Å². The molecule has 0 aromatic heterocycles. The molecule has 0 amide bonds. The fraction of sp³-hybridized carbons (Fsp3) is 1.00. The molecule has 2 aliphatic rings. The Bertz CT molecular complexity index is 387. The molecule has 0 aromatic carbocycles. The summed E-state index contributed by atoms with van der Waals surface area (Å²) in [6.45, 7) is 19.5. The third-order valence-electron chi connectivity index (χ3n) is 5.40. The van der Waals surface area contributed by atoms with Crippen LogP contribution in [0.15, 0.2) is 0 Å². The molecule has 0 spiro atoms. The van der Waals surface area contributed by atoms with Crippen LogP contribution in [-0.4, -0.2) is 62.2 Å². The summed E-state index contributed by atoms with van der Waals surface area (Å²) in [6, 6.07) is 0. The Morgan fingerprint density at radius 1 is 0.808 bits per heavy atom. The Hall–Kier alpha value is -0.160. The molecule has 26 heavy (non-hydrogen) atoms. The van der Waals surface area contributed by atoms with Gasteiger partial charge in [-0.2, -0.15) is 0 Å². The van der Waals surface area contributed by atoms with Gasteiger partial charge in [0.2, 0.25) is 0 Å². The Labute approximate surface area is 161 Å². The molecule has 0 radical (unpaired) electrons. The van der Waals surface area contributed by atoms with E-state index in [9.17, 15) is 0 Å². The van der Waals surface area contributed by atoms with Gasteiger partial charge in [0, 0.05) is 38.4 Å². The number of ether oxygens (including phenoxy) is 3. The molecule has 0 aromatic rings. The molecule has 4 heteroatoms. The second kappa shape index (κ2) is 9.86. The number of hydrogen-bond donors (Lipinski definition) is 0. The van der Waals surface area contributed by atoms with Crippen molar-refractivity contribution >= 4 is 0 Å². The zero-order valence-corrected chi connectivity index (χ0v) is 18.2. The van der Waals surface area contributed by atoms with E-state index in [1.54, 1.807) is 0 Å². The molecular formula is C22H43NO3. The van der Waals surface area contributed by atoms with Gasteiger partial charge >= 0.3 is 0 Å². The van der Waals surface area contributed by atoms with E-state index in [0.717, 1.165) is 51.6 Å². The molecule has 2 fully saturated rings. The first-order chi connectivity index (χ1) is 12.1. The zero-order chi connectivity index (χ0) is 19.2. The monoisotopic (exact) mass is 369 g/mol. The minimum Gasteiger partial charge on any atom is -0.381 e. The maximum Gasteiger partial charge on any atom is 0.0624 e. The lowest BCUT2D eigenvalue weighted by Gasteiger charge is -2.48. The molecule has 1 aliphatic heterocycles. The quantitative estimate of drug-likeness (QED) is 0.501. The van der Waals surface area contributed by atoms with Crippen LogP contribution in [0, 0.1) is 11.3 Å². The van der Waals surface area contributed by atoms with Gasteiger partial charge in [0.15, 0.2) is 0 Å². The van der Waals surface area contributed by atoms with E-state index in [0.29, 0.717) is 17.7 Å². The molecular weight excluding hydrogens is 326 g/mol. The number of likely N-dealkylation sites (tertiary alicyclic amines) is 1. The summed E-state index contributed by atoms with van der Waals surface area (Å²) in [5.74, 6) is 0.883. The summed E-state index contributed by atoms with van der Waals surface area (Å²) in [7, 11) is 0. The molecule has 1 saturated heterocycles. The van der Waals surface area contributed by atoms with Crippen LogP contribution in [0.3, 0.4) is 0 Å². The third-order valence-corrected chi connectivity index (χ3v) is 5.40. The molecule has 0 N–H and O–H groups in total. The lowest BCUT2D eigenvalue weighted by atomic mass is 9.89. The van der Waals surface area contributed by atoms with Gasteiger partial charge in [0.25, 0.3) is 0 Å². The maximum atomic E-state index is 5.90. The van der Waals surface area contributed by atoms with E-state index < -0.39 is 0 Å². The summed E-state index contributed by atoms with van der Waals surface area (Å²) >= 11 is 0. The van der Waals surface area contributed by atoms with Crippen LogP contribution in [0.25, 0.3) is 0 Å². The largest absolute Gasteiger partial charge is 0.381 e. The van der Waals surface area contributed by atoms with Gasteiger partial charge in [-0.1, -0.05) is 20.8 Å². The summed E-state index contributed by atoms with van der Waals surface area (Å²) in [6.07, 6.45) is 6.44. The van der Waals surface area contributed by atoms with Crippen LogP contribution < -0.4 is 0 Å². The van der Waals surface area contributed by atoms with Crippen LogP contribution >= 0.6 is 0 Å². The number of rotatable bonds is 11. The average Bonchev–Trinajstić information content (AvgIpc) is 2.41. The average molecular weight is 370 g/mol. The van der Waals surface area contributed by atoms with Crippen molar-refractivity contribution in [1.29, 1.82) is 0 Å². The van der Waals surface area contributed by atoms with Crippen LogP contribution in [0.1, 0.15) is 73.6 Å². The van der Waals surface area contributed by atoms with Gasteiger partial charge in [-0.3, -0.25) is 4.90 Å². The Morgan fingerprint density at radius 2 is 1.42 bits per heavy atom. The third kappa shape index (κ3) is 8.24. The zero-order valence-electron chi connectivity index (χ0n) is 18.2. The van der Waals surface area contributed by atoms with E-state index >= 15 is 0 Å². The van der Waals surface area contributed by atoms with Gasteiger partial charge in [-0.05, 0) is 64.2 Å². The topological polar surface area (TPSA) is 30.9 Å². The first-order valence-corrected chi connectivity index (χ1v) is 10.7. The van der Waals surface area contributed by atoms with Crippen molar-refractivity contribution in [1.82, 2.24) is 4.90 Å². The van der Waals surface area contributed by atoms with Crippen molar-refractivity contribution in [2.24, 2.45) is 11.3 Å². The predicted octanol–water partition coefficient (Wildman–Crippen LogP) is 4.51. The first-order valence-electron chi connectivity index (χ1n) is 10.7. The molecule has 1 aliphatic carbocycles. The van der Waals surface area contributed by atoms with Crippen molar-refractivity contribution in [2.75, 3.05) is 39.5 Å². The Kier molecular flexibility index (Phi) is 8.39. The van der Waals surface area contributed by atoms with Crippen LogP contribution in [0.2, 0.25) is 0 Å². The van der Waals surface area contributed by atoms with Gasteiger partial charge in [0.1, 0.15) is 0 Å². The smallest absolute Gasteiger partial charge is 0.0624 e. The molecule has 1 saturated carbocycles. The Morgan fingerprint density at radius 3 is 2.04 bits per heavy atom. The van der Waals surface area contributed by atoms with E-state index in [1.165, 1.54) is 25.9 Å². The van der Waals surface area contributed by atoms with Crippen LogP contribution in [0.5, 0.6) is 0 Å². The second-order valence-corrected chi connectivity index (χ2v) is 10.5. The lowest BCUT2D eigenvalue weighted by molar-refractivity contribution is -0.115. The lowest BCUT2D eigenvalue weighted by Crippen LogP contribution is -2.55. The summed E-state index contributed by atoms with van der Waals surface area (Å²) in [4.78, 5) is 2.56. The molecule has 2 rings (SSSR count). The minimum atomic E-state index is 0.258. The van der Waals surface area contributed by atoms with Crippen molar-refractivity contribution < 1.29 is 14.2 Å². The standard InChI is InChI=1S/C22H43NO3/c1-21(2,3)17-26-20-13-19(14-20)25-12-8-11-24-10-7-9-18-15-23(16-18)22(4,5)6/h18-20H,7-17H2,1-6H3. The normalized spacial score (nSPS) is 25.2. The van der Waals surface area contributed by atoms with Gasteiger partial charge in [-0.15, -0.1) is 0 Å². The first kappa shape index (κ1) is 22.1. The highest BCUT2D eigenvalue weighted by Crippen LogP contribution is 2.29. The molecule has 4 nitrogen and oxygen atoms in total. The summed E-state index contributed by atoms with van der Waals surface area (Å²) in [5, 5.41) is 0. The van der Waals surface area contributed by atoms with E-state index in [-0.39, 0.29) is 5.41 Å². The SMILES string of the molecule is CC(C)(C)COC1CC(OCCCOCCCC2CN(C(C)(C)C)C2)C1. The molecule has 0 atom stereocenters. The van der Waals surface area contributed by atoms with Crippen LogP contribution in [0.4, 0.5) is 0 Å². The highest BCUT2D eigenvalue weighted by Gasteiger charge is 2.33. The second-order valence-electron chi connectivity index (χ2n) is 10.5. The predicted molar refractivity (Wildman–Crippen MR) is 108 cm³/mol. The number of hydrogen-bond acceptors (Lipinski definition) is 4. The number of nitrogens with zero attached hydrogens (tertiary/aromatic N) is 1. The van der Waals surface area contributed by atoms with Crippen molar-refractivity contribution in [2.45, 2.75) is 91.4 Å². The van der Waals surface area contributed by atoms with Gasteiger partial charge in [-0.25, -0.2) is 0 Å². The molecule has 154 valence electrons. The van der Waals surface area contributed by atoms with Gasteiger partial charge < -0.3 is 14.2 Å². The highest BCUT2D eigenvalue weighted by atomic mass is 16.5. The molecule has 1 heterocycles. The fourth-order valence-corrected chi connectivity index (χ4v) is 3.44. The summed E-state index contributed by atoms with van der Waals surface area (Å²) < 4.78 is 17.5. The van der Waals surface area contributed by atoms with Crippen LogP contribution in [-0.2, 0) is 14.2 Å². The van der Waals surface area contributed by atoms with E-state index in [2.05, 4.69) is 46.4 Å². The van der Waals surface area contributed by atoms with E-state index in [1.807, 2.05) is 0 Å². The molecule has 0 bridgehead atoms.